The summed E-state index contributed by atoms with van der Waals surface area (Å²) >= 11 is 0. The van der Waals surface area contributed by atoms with E-state index in [1.807, 2.05) is 30.3 Å². The molecule has 0 aliphatic heterocycles. The van der Waals surface area contributed by atoms with Crippen molar-refractivity contribution < 1.29 is 4.79 Å². The summed E-state index contributed by atoms with van der Waals surface area (Å²) in [6.07, 6.45) is 5.20. The lowest BCUT2D eigenvalue weighted by atomic mass is 9.86. The summed E-state index contributed by atoms with van der Waals surface area (Å²) in [5.74, 6) is 0.667. The number of rotatable bonds is 4. The molecule has 1 saturated carbocycles. The van der Waals surface area contributed by atoms with Crippen LogP contribution >= 0.6 is 0 Å². The zero-order valence-electron chi connectivity index (χ0n) is 11.6. The molecule has 1 aromatic carbocycles. The molecule has 1 amide bonds. The Balaban J connectivity index is 1.84. The van der Waals surface area contributed by atoms with Gasteiger partial charge >= 0.3 is 0 Å². The molecule has 3 N–H and O–H groups in total. The van der Waals surface area contributed by atoms with Crippen molar-refractivity contribution in [3.8, 4) is 0 Å². The Kier molecular flexibility index (Phi) is 4.97. The van der Waals surface area contributed by atoms with Crippen LogP contribution in [0.1, 0.15) is 50.6 Å². The van der Waals surface area contributed by atoms with Crippen LogP contribution in [-0.4, -0.2) is 11.9 Å². The number of carbonyl (C=O) groups is 1. The van der Waals surface area contributed by atoms with E-state index in [4.69, 9.17) is 5.73 Å². The van der Waals surface area contributed by atoms with Gasteiger partial charge in [-0.05, 0) is 24.3 Å². The largest absolute Gasteiger partial charge is 0.353 e. The number of hydrogen-bond acceptors (Lipinski definition) is 2. The van der Waals surface area contributed by atoms with E-state index in [2.05, 4.69) is 12.2 Å². The van der Waals surface area contributed by atoms with E-state index in [-0.39, 0.29) is 11.9 Å². The van der Waals surface area contributed by atoms with Crippen LogP contribution < -0.4 is 11.1 Å². The van der Waals surface area contributed by atoms with Gasteiger partial charge in [0.2, 0.25) is 5.91 Å². The number of hydrogen-bond donors (Lipinski definition) is 2. The highest BCUT2D eigenvalue weighted by Gasteiger charge is 2.23. The van der Waals surface area contributed by atoms with Crippen molar-refractivity contribution in [3.63, 3.8) is 0 Å². The van der Waals surface area contributed by atoms with Crippen molar-refractivity contribution in [2.75, 3.05) is 0 Å². The summed E-state index contributed by atoms with van der Waals surface area (Å²) in [6, 6.07) is 9.94. The molecule has 1 aromatic rings. The lowest BCUT2D eigenvalue weighted by Crippen LogP contribution is -2.41. The first-order valence-corrected chi connectivity index (χ1v) is 7.26. The van der Waals surface area contributed by atoms with Gasteiger partial charge in [0.25, 0.3) is 0 Å². The van der Waals surface area contributed by atoms with E-state index in [9.17, 15) is 4.79 Å². The summed E-state index contributed by atoms with van der Waals surface area (Å²) < 4.78 is 0. The van der Waals surface area contributed by atoms with E-state index in [0.29, 0.717) is 18.4 Å². The Bertz CT molecular complexity index is 404. The standard InChI is InChI=1S/C16H24N2O/c1-12-7-5-6-10-15(12)18-16(19)11-14(17)13-8-3-2-4-9-13/h2-4,8-9,12,14-15H,5-7,10-11,17H2,1H3,(H,18,19). The molecule has 3 nitrogen and oxygen atoms in total. The normalized spacial score (nSPS) is 24.7. The fourth-order valence-corrected chi connectivity index (χ4v) is 2.81. The van der Waals surface area contributed by atoms with Crippen LogP contribution in [0, 0.1) is 5.92 Å². The van der Waals surface area contributed by atoms with E-state index in [0.717, 1.165) is 12.0 Å². The monoisotopic (exact) mass is 260 g/mol. The van der Waals surface area contributed by atoms with Crippen molar-refractivity contribution in [3.05, 3.63) is 35.9 Å². The highest BCUT2D eigenvalue weighted by Crippen LogP contribution is 2.24. The molecule has 0 radical (unpaired) electrons. The van der Waals surface area contributed by atoms with E-state index >= 15 is 0 Å². The second-order valence-electron chi connectivity index (χ2n) is 5.66. The van der Waals surface area contributed by atoms with Gasteiger partial charge in [-0.15, -0.1) is 0 Å². The molecule has 0 aromatic heterocycles. The lowest BCUT2D eigenvalue weighted by Gasteiger charge is -2.29. The first kappa shape index (κ1) is 14.1. The van der Waals surface area contributed by atoms with Crippen LogP contribution in [0.3, 0.4) is 0 Å². The maximum absolute atomic E-state index is 12.0. The summed E-state index contributed by atoms with van der Waals surface area (Å²) in [4.78, 5) is 12.0. The Morgan fingerprint density at radius 3 is 2.68 bits per heavy atom. The van der Waals surface area contributed by atoms with Gasteiger partial charge in [-0.1, -0.05) is 50.1 Å². The minimum absolute atomic E-state index is 0.0788. The first-order chi connectivity index (χ1) is 9.16. The molecular weight excluding hydrogens is 236 g/mol. The van der Waals surface area contributed by atoms with Crippen molar-refractivity contribution in [2.24, 2.45) is 11.7 Å². The van der Waals surface area contributed by atoms with Crippen molar-refractivity contribution >= 4 is 5.91 Å². The molecule has 3 heteroatoms. The van der Waals surface area contributed by atoms with Gasteiger partial charge in [-0.3, -0.25) is 4.79 Å². The molecule has 19 heavy (non-hydrogen) atoms. The average Bonchev–Trinajstić information content (AvgIpc) is 2.42. The highest BCUT2D eigenvalue weighted by atomic mass is 16.1. The molecular formula is C16H24N2O. The van der Waals surface area contributed by atoms with Gasteiger partial charge < -0.3 is 11.1 Å². The summed E-state index contributed by atoms with van der Waals surface area (Å²) in [5.41, 5.74) is 7.10. The van der Waals surface area contributed by atoms with Crippen LogP contribution in [0.25, 0.3) is 0 Å². The zero-order valence-corrected chi connectivity index (χ0v) is 11.6. The van der Waals surface area contributed by atoms with Gasteiger partial charge in [-0.25, -0.2) is 0 Å². The Hall–Kier alpha value is -1.35. The number of benzene rings is 1. The zero-order chi connectivity index (χ0) is 13.7. The van der Waals surface area contributed by atoms with Crippen LogP contribution in [0.15, 0.2) is 30.3 Å². The smallest absolute Gasteiger partial charge is 0.222 e. The Morgan fingerprint density at radius 1 is 1.32 bits per heavy atom. The fourth-order valence-electron chi connectivity index (χ4n) is 2.81. The third-order valence-corrected chi connectivity index (χ3v) is 4.09. The topological polar surface area (TPSA) is 55.1 Å². The predicted molar refractivity (Wildman–Crippen MR) is 77.6 cm³/mol. The van der Waals surface area contributed by atoms with Gasteiger partial charge in [0, 0.05) is 18.5 Å². The molecule has 0 spiro atoms. The third kappa shape index (κ3) is 4.06. The molecule has 1 fully saturated rings. The van der Waals surface area contributed by atoms with Crippen molar-refractivity contribution in [1.29, 1.82) is 0 Å². The maximum atomic E-state index is 12.0. The van der Waals surface area contributed by atoms with Crippen molar-refractivity contribution in [1.82, 2.24) is 5.32 Å². The van der Waals surface area contributed by atoms with Crippen LogP contribution in [0.2, 0.25) is 0 Å². The average molecular weight is 260 g/mol. The fraction of sp³-hybridized carbons (Fsp3) is 0.562. The number of amides is 1. The summed E-state index contributed by atoms with van der Waals surface area (Å²) in [5, 5.41) is 3.15. The third-order valence-electron chi connectivity index (χ3n) is 4.09. The van der Waals surface area contributed by atoms with Crippen LogP contribution in [-0.2, 0) is 4.79 Å². The predicted octanol–water partition coefficient (Wildman–Crippen LogP) is 2.77. The quantitative estimate of drug-likeness (QED) is 0.874. The minimum Gasteiger partial charge on any atom is -0.353 e. The molecule has 3 atom stereocenters. The van der Waals surface area contributed by atoms with Crippen LogP contribution in [0.5, 0.6) is 0 Å². The van der Waals surface area contributed by atoms with Crippen molar-refractivity contribution in [2.45, 2.75) is 51.1 Å². The Labute approximate surface area is 115 Å². The second kappa shape index (κ2) is 6.71. The number of nitrogens with one attached hydrogen (secondary N) is 1. The molecule has 0 bridgehead atoms. The summed E-state index contributed by atoms with van der Waals surface area (Å²) in [6.45, 7) is 2.22. The van der Waals surface area contributed by atoms with Gasteiger partial charge in [-0.2, -0.15) is 0 Å². The van der Waals surface area contributed by atoms with Crippen LogP contribution in [0.4, 0.5) is 0 Å². The van der Waals surface area contributed by atoms with Gasteiger partial charge in [0.05, 0.1) is 0 Å². The molecule has 0 heterocycles. The maximum Gasteiger partial charge on any atom is 0.222 e. The minimum atomic E-state index is -0.208. The van der Waals surface area contributed by atoms with E-state index in [1.165, 1.54) is 19.3 Å². The molecule has 1 aliphatic carbocycles. The second-order valence-corrected chi connectivity index (χ2v) is 5.66. The SMILES string of the molecule is CC1CCCCC1NC(=O)CC(N)c1ccccc1. The molecule has 2 rings (SSSR count). The highest BCUT2D eigenvalue weighted by molar-refractivity contribution is 5.77. The molecule has 1 aliphatic rings. The Morgan fingerprint density at radius 2 is 2.00 bits per heavy atom. The molecule has 0 saturated heterocycles. The van der Waals surface area contributed by atoms with Gasteiger partial charge in [0.15, 0.2) is 0 Å². The van der Waals surface area contributed by atoms with Gasteiger partial charge in [0.1, 0.15) is 0 Å². The number of carbonyl (C=O) groups excluding carboxylic acids is 1. The molecule has 3 unspecified atom stereocenters. The first-order valence-electron chi connectivity index (χ1n) is 7.26. The molecule has 104 valence electrons. The summed E-state index contributed by atoms with van der Waals surface area (Å²) in [7, 11) is 0. The number of nitrogens with two attached hydrogens (primary N) is 1. The van der Waals surface area contributed by atoms with E-state index < -0.39 is 0 Å². The lowest BCUT2D eigenvalue weighted by molar-refractivity contribution is -0.122. The van der Waals surface area contributed by atoms with E-state index in [1.54, 1.807) is 0 Å².